The quantitative estimate of drug-likeness (QED) is 0.810. The Morgan fingerprint density at radius 3 is 2.50 bits per heavy atom. The number of nitrogens with zero attached hydrogens (tertiary/aromatic N) is 1. The Bertz CT molecular complexity index is 366. The lowest BCUT2D eigenvalue weighted by Crippen LogP contribution is -2.45. The van der Waals surface area contributed by atoms with E-state index in [1.54, 1.807) is 0 Å². The number of hydrogen-bond donors (Lipinski definition) is 2. The second kappa shape index (κ2) is 5.37. The summed E-state index contributed by atoms with van der Waals surface area (Å²) < 4.78 is 0. The van der Waals surface area contributed by atoms with E-state index < -0.39 is 0 Å². The molecule has 100 valence electrons. The molecule has 3 heteroatoms. The standard InChI is InChI=1S/C15H24N2O/c1-14(2,13-4-8-16-9-5-13)10-17-11-15(12-18)6-3-7-15/h4-5,8-9,17-18H,3,6-7,10-12H2,1-2H3. The monoisotopic (exact) mass is 248 g/mol. The number of aromatic nitrogens is 1. The van der Waals surface area contributed by atoms with Crippen LogP contribution in [0.3, 0.4) is 0 Å². The minimum atomic E-state index is 0.101. The molecule has 3 nitrogen and oxygen atoms in total. The maximum Gasteiger partial charge on any atom is 0.0499 e. The molecule has 2 N–H and O–H groups in total. The van der Waals surface area contributed by atoms with Crippen LogP contribution in [-0.4, -0.2) is 29.8 Å². The molecule has 0 atom stereocenters. The maximum absolute atomic E-state index is 9.43. The maximum atomic E-state index is 9.43. The summed E-state index contributed by atoms with van der Waals surface area (Å²) in [6.07, 6.45) is 7.27. The Morgan fingerprint density at radius 2 is 2.00 bits per heavy atom. The molecule has 0 unspecified atom stereocenters. The molecule has 0 amide bonds. The van der Waals surface area contributed by atoms with E-state index >= 15 is 0 Å². The topological polar surface area (TPSA) is 45.1 Å². The normalized spacial score (nSPS) is 18.4. The van der Waals surface area contributed by atoms with Crippen molar-refractivity contribution < 1.29 is 5.11 Å². The van der Waals surface area contributed by atoms with Gasteiger partial charge in [-0.2, -0.15) is 0 Å². The van der Waals surface area contributed by atoms with E-state index in [-0.39, 0.29) is 10.8 Å². The molecule has 1 fully saturated rings. The first-order valence-corrected chi connectivity index (χ1v) is 6.80. The Labute approximate surface area is 110 Å². The highest BCUT2D eigenvalue weighted by molar-refractivity contribution is 5.21. The SMILES string of the molecule is CC(C)(CNCC1(CO)CCC1)c1ccncc1. The molecule has 0 aromatic carbocycles. The minimum absolute atomic E-state index is 0.101. The summed E-state index contributed by atoms with van der Waals surface area (Å²) >= 11 is 0. The number of pyridine rings is 1. The van der Waals surface area contributed by atoms with Gasteiger partial charge in [0.05, 0.1) is 0 Å². The minimum Gasteiger partial charge on any atom is -0.396 e. The molecule has 1 saturated carbocycles. The second-order valence-electron chi connectivity index (χ2n) is 6.23. The van der Waals surface area contributed by atoms with Gasteiger partial charge in [-0.25, -0.2) is 0 Å². The van der Waals surface area contributed by atoms with Crippen molar-refractivity contribution in [2.45, 2.75) is 38.5 Å². The van der Waals surface area contributed by atoms with Crippen molar-refractivity contribution in [2.24, 2.45) is 5.41 Å². The first kappa shape index (κ1) is 13.5. The van der Waals surface area contributed by atoms with Gasteiger partial charge < -0.3 is 10.4 Å². The van der Waals surface area contributed by atoms with Gasteiger partial charge in [0.25, 0.3) is 0 Å². The average molecular weight is 248 g/mol. The molecule has 1 aromatic heterocycles. The summed E-state index contributed by atoms with van der Waals surface area (Å²) in [6.45, 7) is 6.65. The smallest absolute Gasteiger partial charge is 0.0499 e. The van der Waals surface area contributed by atoms with E-state index in [1.807, 2.05) is 12.4 Å². The third-order valence-electron chi connectivity index (χ3n) is 4.28. The van der Waals surface area contributed by atoms with Gasteiger partial charge in [-0.05, 0) is 30.5 Å². The van der Waals surface area contributed by atoms with E-state index in [9.17, 15) is 5.11 Å². The second-order valence-corrected chi connectivity index (χ2v) is 6.23. The fourth-order valence-corrected chi connectivity index (χ4v) is 2.61. The zero-order valence-corrected chi connectivity index (χ0v) is 11.4. The lowest BCUT2D eigenvalue weighted by atomic mass is 9.69. The van der Waals surface area contributed by atoms with Crippen LogP contribution in [0.15, 0.2) is 24.5 Å². The highest BCUT2D eigenvalue weighted by Gasteiger charge is 2.36. The molecule has 1 aromatic rings. The molecule has 2 rings (SSSR count). The van der Waals surface area contributed by atoms with Gasteiger partial charge in [-0.3, -0.25) is 4.98 Å². The average Bonchev–Trinajstić information content (AvgIpc) is 2.34. The number of aliphatic hydroxyl groups is 1. The van der Waals surface area contributed by atoms with Crippen LogP contribution in [0.1, 0.15) is 38.7 Å². The van der Waals surface area contributed by atoms with Gasteiger partial charge in [0.2, 0.25) is 0 Å². The fourth-order valence-electron chi connectivity index (χ4n) is 2.61. The molecule has 0 spiro atoms. The van der Waals surface area contributed by atoms with Gasteiger partial charge in [0, 0.05) is 42.9 Å². The van der Waals surface area contributed by atoms with Gasteiger partial charge in [0.15, 0.2) is 0 Å². The van der Waals surface area contributed by atoms with Crippen LogP contribution in [0.25, 0.3) is 0 Å². The lowest BCUT2D eigenvalue weighted by molar-refractivity contribution is 0.0438. The number of nitrogens with one attached hydrogen (secondary N) is 1. The summed E-state index contributed by atoms with van der Waals surface area (Å²) in [7, 11) is 0. The van der Waals surface area contributed by atoms with E-state index in [0.717, 1.165) is 25.9 Å². The number of hydrogen-bond acceptors (Lipinski definition) is 3. The Kier molecular flexibility index (Phi) is 4.03. The largest absolute Gasteiger partial charge is 0.396 e. The van der Waals surface area contributed by atoms with Crippen LogP contribution < -0.4 is 5.32 Å². The zero-order valence-electron chi connectivity index (χ0n) is 11.4. The van der Waals surface area contributed by atoms with Crippen LogP contribution in [0, 0.1) is 5.41 Å². The van der Waals surface area contributed by atoms with Gasteiger partial charge in [-0.1, -0.05) is 20.3 Å². The molecule has 0 bridgehead atoms. The predicted molar refractivity (Wildman–Crippen MR) is 73.5 cm³/mol. The lowest BCUT2D eigenvalue weighted by Gasteiger charge is -2.41. The van der Waals surface area contributed by atoms with Crippen LogP contribution >= 0.6 is 0 Å². The van der Waals surface area contributed by atoms with Crippen molar-refractivity contribution in [3.63, 3.8) is 0 Å². The molecular weight excluding hydrogens is 224 g/mol. The molecule has 0 radical (unpaired) electrons. The molecule has 1 aliphatic carbocycles. The Hall–Kier alpha value is -0.930. The van der Waals surface area contributed by atoms with Gasteiger partial charge in [0.1, 0.15) is 0 Å². The van der Waals surface area contributed by atoms with Crippen molar-refractivity contribution in [1.82, 2.24) is 10.3 Å². The summed E-state index contributed by atoms with van der Waals surface area (Å²) in [6, 6.07) is 4.15. The molecule has 1 aliphatic rings. The molecule has 0 saturated heterocycles. The summed E-state index contributed by atoms with van der Waals surface area (Å²) in [5.74, 6) is 0. The summed E-state index contributed by atoms with van der Waals surface area (Å²) in [5.41, 5.74) is 1.56. The third kappa shape index (κ3) is 2.90. The number of aliphatic hydroxyl groups excluding tert-OH is 1. The molecule has 0 aliphatic heterocycles. The van der Waals surface area contributed by atoms with Gasteiger partial charge >= 0.3 is 0 Å². The van der Waals surface area contributed by atoms with Crippen LogP contribution in [0.4, 0.5) is 0 Å². The van der Waals surface area contributed by atoms with Crippen LogP contribution in [0.2, 0.25) is 0 Å². The van der Waals surface area contributed by atoms with Crippen molar-refractivity contribution in [1.29, 1.82) is 0 Å². The van der Waals surface area contributed by atoms with Crippen molar-refractivity contribution in [2.75, 3.05) is 19.7 Å². The predicted octanol–water partition coefficient (Wildman–Crippen LogP) is 2.11. The summed E-state index contributed by atoms with van der Waals surface area (Å²) in [5, 5.41) is 13.0. The first-order valence-electron chi connectivity index (χ1n) is 6.80. The fraction of sp³-hybridized carbons (Fsp3) is 0.667. The van der Waals surface area contributed by atoms with E-state index in [2.05, 4.69) is 36.3 Å². The Balaban J connectivity index is 1.86. The molecular formula is C15H24N2O. The van der Waals surface area contributed by atoms with Crippen LogP contribution in [0.5, 0.6) is 0 Å². The highest BCUT2D eigenvalue weighted by Crippen LogP contribution is 2.39. The van der Waals surface area contributed by atoms with Crippen molar-refractivity contribution in [3.8, 4) is 0 Å². The molecule has 18 heavy (non-hydrogen) atoms. The number of rotatable bonds is 6. The first-order chi connectivity index (χ1) is 8.58. The van der Waals surface area contributed by atoms with Crippen molar-refractivity contribution in [3.05, 3.63) is 30.1 Å². The molecule has 1 heterocycles. The van der Waals surface area contributed by atoms with Crippen LogP contribution in [-0.2, 0) is 5.41 Å². The zero-order chi connectivity index (χ0) is 13.1. The highest BCUT2D eigenvalue weighted by atomic mass is 16.3. The van der Waals surface area contributed by atoms with Crippen molar-refractivity contribution >= 4 is 0 Å². The van der Waals surface area contributed by atoms with Gasteiger partial charge in [-0.15, -0.1) is 0 Å². The van der Waals surface area contributed by atoms with E-state index in [1.165, 1.54) is 12.0 Å². The third-order valence-corrected chi connectivity index (χ3v) is 4.28. The van der Waals surface area contributed by atoms with E-state index in [4.69, 9.17) is 0 Å². The van der Waals surface area contributed by atoms with E-state index in [0.29, 0.717) is 6.61 Å². The Morgan fingerprint density at radius 1 is 1.33 bits per heavy atom. The summed E-state index contributed by atoms with van der Waals surface area (Å²) in [4.78, 5) is 4.06.